The first kappa shape index (κ1) is 17.0. The summed E-state index contributed by atoms with van der Waals surface area (Å²) in [5.74, 6) is -3.48. The molecule has 4 nitrogen and oxygen atoms in total. The van der Waals surface area contributed by atoms with Crippen LogP contribution in [0.3, 0.4) is 0 Å². The number of carbonyl (C=O) groups excluding carboxylic acids is 2. The predicted octanol–water partition coefficient (Wildman–Crippen LogP) is 2.39. The summed E-state index contributed by atoms with van der Waals surface area (Å²) in [5, 5.41) is 0. The number of benzene rings is 1. The molecule has 1 rings (SSSR count). The third-order valence-electron chi connectivity index (χ3n) is 2.84. The lowest BCUT2D eigenvalue weighted by molar-refractivity contribution is -0.187. The summed E-state index contributed by atoms with van der Waals surface area (Å²) in [4.78, 5) is 23.4. The highest BCUT2D eigenvalue weighted by atomic mass is 19.4. The number of esters is 1. The molecule has 0 aliphatic carbocycles. The Hall–Kier alpha value is -2.05. The number of rotatable bonds is 5. The van der Waals surface area contributed by atoms with Gasteiger partial charge in [-0.25, -0.2) is 0 Å². The molecular weight excluding hydrogens is 287 g/mol. The first-order chi connectivity index (χ1) is 9.75. The summed E-state index contributed by atoms with van der Waals surface area (Å²) in [6.07, 6.45) is -4.98. The first-order valence-corrected chi connectivity index (χ1v) is 6.23. The van der Waals surface area contributed by atoms with Crippen molar-refractivity contribution in [3.05, 3.63) is 35.9 Å². The molecular formula is C14H16F3NO3. The Morgan fingerprint density at radius 1 is 1.24 bits per heavy atom. The van der Waals surface area contributed by atoms with Gasteiger partial charge in [0, 0.05) is 13.1 Å². The SMILES string of the molecule is COC(=O)C(C)CN(Cc1ccccc1)C(=O)C(F)(F)F. The average Bonchev–Trinajstić information content (AvgIpc) is 2.44. The molecule has 1 unspecified atom stereocenters. The van der Waals surface area contributed by atoms with Crippen molar-refractivity contribution in [3.63, 3.8) is 0 Å². The zero-order valence-electron chi connectivity index (χ0n) is 11.7. The zero-order valence-corrected chi connectivity index (χ0v) is 11.7. The Balaban J connectivity index is 2.90. The van der Waals surface area contributed by atoms with Crippen LogP contribution in [-0.4, -0.2) is 36.6 Å². The maximum absolute atomic E-state index is 12.6. The largest absolute Gasteiger partial charge is 0.471 e. The molecule has 0 aliphatic rings. The van der Waals surface area contributed by atoms with E-state index in [9.17, 15) is 22.8 Å². The molecule has 21 heavy (non-hydrogen) atoms. The second-order valence-corrected chi connectivity index (χ2v) is 4.59. The Morgan fingerprint density at radius 2 is 1.81 bits per heavy atom. The van der Waals surface area contributed by atoms with Crippen molar-refractivity contribution in [1.29, 1.82) is 0 Å². The molecule has 0 saturated carbocycles. The van der Waals surface area contributed by atoms with Crippen LogP contribution in [0.15, 0.2) is 30.3 Å². The average molecular weight is 303 g/mol. The second-order valence-electron chi connectivity index (χ2n) is 4.59. The summed E-state index contributed by atoms with van der Waals surface area (Å²) >= 11 is 0. The standard InChI is InChI=1S/C14H16F3NO3/c1-10(12(19)21-2)8-18(13(20)14(15,16)17)9-11-6-4-3-5-7-11/h3-7,10H,8-9H2,1-2H3. The first-order valence-electron chi connectivity index (χ1n) is 6.23. The molecule has 1 aromatic carbocycles. The van der Waals surface area contributed by atoms with Gasteiger partial charge in [0.25, 0.3) is 0 Å². The van der Waals surface area contributed by atoms with Crippen LogP contribution in [0.4, 0.5) is 13.2 Å². The zero-order chi connectivity index (χ0) is 16.0. The minimum atomic E-state index is -4.98. The highest BCUT2D eigenvalue weighted by molar-refractivity contribution is 5.82. The number of ether oxygens (including phenoxy) is 1. The van der Waals surface area contributed by atoms with Gasteiger partial charge in [-0.15, -0.1) is 0 Å². The predicted molar refractivity (Wildman–Crippen MR) is 69.1 cm³/mol. The van der Waals surface area contributed by atoms with E-state index in [1.165, 1.54) is 6.92 Å². The number of alkyl halides is 3. The van der Waals surface area contributed by atoms with Crippen LogP contribution in [0.1, 0.15) is 12.5 Å². The van der Waals surface area contributed by atoms with Crippen molar-refractivity contribution in [2.75, 3.05) is 13.7 Å². The summed E-state index contributed by atoms with van der Waals surface area (Å²) in [6.45, 7) is 0.827. The van der Waals surface area contributed by atoms with E-state index in [-0.39, 0.29) is 13.1 Å². The normalized spacial score (nSPS) is 12.6. The van der Waals surface area contributed by atoms with Crippen molar-refractivity contribution in [1.82, 2.24) is 4.90 Å². The van der Waals surface area contributed by atoms with Gasteiger partial charge in [0.15, 0.2) is 0 Å². The molecule has 1 atom stereocenters. The molecule has 0 spiro atoms. The Morgan fingerprint density at radius 3 is 2.29 bits per heavy atom. The van der Waals surface area contributed by atoms with Crippen molar-refractivity contribution in [2.24, 2.45) is 5.92 Å². The van der Waals surface area contributed by atoms with Crippen molar-refractivity contribution in [3.8, 4) is 0 Å². The quantitative estimate of drug-likeness (QED) is 0.785. The van der Waals surface area contributed by atoms with E-state index < -0.39 is 24.0 Å². The molecule has 1 amide bonds. The summed E-state index contributed by atoms with van der Waals surface area (Å²) < 4.78 is 42.4. The fraction of sp³-hybridized carbons (Fsp3) is 0.429. The van der Waals surface area contributed by atoms with Gasteiger partial charge in [-0.3, -0.25) is 9.59 Å². The molecule has 0 heterocycles. The molecule has 1 aromatic rings. The van der Waals surface area contributed by atoms with Crippen LogP contribution in [-0.2, 0) is 20.9 Å². The van der Waals surface area contributed by atoms with Crippen LogP contribution in [0.2, 0.25) is 0 Å². The Bertz CT molecular complexity index is 488. The molecule has 0 radical (unpaired) electrons. The summed E-state index contributed by atoms with van der Waals surface area (Å²) in [5.41, 5.74) is 0.548. The van der Waals surface area contributed by atoms with E-state index in [0.29, 0.717) is 10.5 Å². The fourth-order valence-electron chi connectivity index (χ4n) is 1.81. The van der Waals surface area contributed by atoms with E-state index in [1.807, 2.05) is 0 Å². The fourth-order valence-corrected chi connectivity index (χ4v) is 1.81. The van der Waals surface area contributed by atoms with Gasteiger partial charge in [0.1, 0.15) is 0 Å². The molecule has 7 heteroatoms. The number of methoxy groups -OCH3 is 1. The van der Waals surface area contributed by atoms with Gasteiger partial charge in [0.05, 0.1) is 13.0 Å². The molecule has 0 N–H and O–H groups in total. The molecule has 0 aromatic heterocycles. The lowest BCUT2D eigenvalue weighted by Crippen LogP contribution is -2.44. The Kier molecular flexibility index (Phi) is 5.75. The number of carbonyl (C=O) groups is 2. The number of halogens is 3. The minimum Gasteiger partial charge on any atom is -0.469 e. The lowest BCUT2D eigenvalue weighted by atomic mass is 10.1. The lowest BCUT2D eigenvalue weighted by Gasteiger charge is -2.26. The molecule has 0 aliphatic heterocycles. The van der Waals surface area contributed by atoms with Gasteiger partial charge in [-0.05, 0) is 5.56 Å². The minimum absolute atomic E-state index is 0.222. The van der Waals surface area contributed by atoms with Gasteiger partial charge in [-0.1, -0.05) is 37.3 Å². The number of nitrogens with zero attached hydrogens (tertiary/aromatic N) is 1. The summed E-state index contributed by atoms with van der Waals surface area (Å²) in [6, 6.07) is 8.26. The van der Waals surface area contributed by atoms with Gasteiger partial charge >= 0.3 is 18.1 Å². The van der Waals surface area contributed by atoms with Gasteiger partial charge in [0.2, 0.25) is 0 Å². The highest BCUT2D eigenvalue weighted by Gasteiger charge is 2.43. The maximum Gasteiger partial charge on any atom is 0.471 e. The number of hydrogen-bond donors (Lipinski definition) is 0. The van der Waals surface area contributed by atoms with Crippen LogP contribution >= 0.6 is 0 Å². The third-order valence-corrected chi connectivity index (χ3v) is 2.84. The molecule has 0 saturated heterocycles. The van der Waals surface area contributed by atoms with Gasteiger partial charge < -0.3 is 9.64 Å². The van der Waals surface area contributed by atoms with Crippen molar-refractivity contribution in [2.45, 2.75) is 19.6 Å². The molecule has 116 valence electrons. The molecule has 0 fully saturated rings. The van der Waals surface area contributed by atoms with Crippen LogP contribution in [0, 0.1) is 5.92 Å². The smallest absolute Gasteiger partial charge is 0.469 e. The van der Waals surface area contributed by atoms with E-state index in [2.05, 4.69) is 4.74 Å². The summed E-state index contributed by atoms with van der Waals surface area (Å²) in [7, 11) is 1.14. The van der Waals surface area contributed by atoms with E-state index in [4.69, 9.17) is 0 Å². The topological polar surface area (TPSA) is 46.6 Å². The van der Waals surface area contributed by atoms with Crippen LogP contribution in [0.25, 0.3) is 0 Å². The Labute approximate surface area is 120 Å². The maximum atomic E-state index is 12.6. The highest BCUT2D eigenvalue weighted by Crippen LogP contribution is 2.21. The third kappa shape index (κ3) is 5.09. The van der Waals surface area contributed by atoms with Crippen LogP contribution in [0.5, 0.6) is 0 Å². The van der Waals surface area contributed by atoms with E-state index in [0.717, 1.165) is 7.11 Å². The van der Waals surface area contributed by atoms with Crippen LogP contribution < -0.4 is 0 Å². The van der Waals surface area contributed by atoms with Gasteiger partial charge in [-0.2, -0.15) is 13.2 Å². The van der Waals surface area contributed by atoms with Crippen molar-refractivity contribution < 1.29 is 27.5 Å². The number of hydrogen-bond acceptors (Lipinski definition) is 3. The monoisotopic (exact) mass is 303 g/mol. The van der Waals surface area contributed by atoms with E-state index in [1.54, 1.807) is 30.3 Å². The van der Waals surface area contributed by atoms with E-state index >= 15 is 0 Å². The van der Waals surface area contributed by atoms with Crippen molar-refractivity contribution >= 4 is 11.9 Å². The molecule has 0 bridgehead atoms. The number of amides is 1. The second kappa shape index (κ2) is 7.10.